The van der Waals surface area contributed by atoms with Crippen LogP contribution in [0, 0.1) is 13.8 Å². The van der Waals surface area contributed by atoms with Gasteiger partial charge in [-0.1, -0.05) is 12.1 Å². The molecule has 6 nitrogen and oxygen atoms in total. The van der Waals surface area contributed by atoms with Gasteiger partial charge in [-0.05, 0) is 43.3 Å². The number of nitrogens with one attached hydrogen (secondary N) is 2. The van der Waals surface area contributed by atoms with Crippen molar-refractivity contribution in [3.05, 3.63) is 74.2 Å². The summed E-state index contributed by atoms with van der Waals surface area (Å²) in [5.74, 6) is 0.914. The first-order valence-electron chi connectivity index (χ1n) is 7.99. The van der Waals surface area contributed by atoms with Crippen LogP contribution < -0.4 is 16.0 Å². The summed E-state index contributed by atoms with van der Waals surface area (Å²) in [6, 6.07) is 7.47. The van der Waals surface area contributed by atoms with Gasteiger partial charge in [-0.25, -0.2) is 4.79 Å². The van der Waals surface area contributed by atoms with Crippen LogP contribution in [0.15, 0.2) is 46.1 Å². The maximum Gasteiger partial charge on any atom is 0.325 e. The zero-order chi connectivity index (χ0) is 17.1. The number of H-pyrrole nitrogens is 2. The smallest absolute Gasteiger partial charge is 0.325 e. The molecule has 0 amide bonds. The molecular weight excluding hydrogens is 306 g/mol. The van der Waals surface area contributed by atoms with Gasteiger partial charge in [0.1, 0.15) is 11.9 Å². The van der Waals surface area contributed by atoms with E-state index in [1.165, 1.54) is 11.6 Å². The molecule has 0 bridgehead atoms. The van der Waals surface area contributed by atoms with Crippen molar-refractivity contribution in [2.24, 2.45) is 0 Å². The summed E-state index contributed by atoms with van der Waals surface area (Å²) < 4.78 is 6.08. The first-order valence-corrected chi connectivity index (χ1v) is 7.99. The molecule has 1 aliphatic heterocycles. The predicted molar refractivity (Wildman–Crippen MR) is 92.2 cm³/mol. The molecule has 0 saturated carbocycles. The maximum absolute atomic E-state index is 11.3. The monoisotopic (exact) mass is 327 g/mol. The minimum Gasteiger partial charge on any atom is -0.486 e. The highest BCUT2D eigenvalue weighted by Crippen LogP contribution is 2.24. The highest BCUT2D eigenvalue weighted by atomic mass is 16.5. The van der Waals surface area contributed by atoms with Crippen LogP contribution in [0.1, 0.15) is 23.2 Å². The lowest BCUT2D eigenvalue weighted by Gasteiger charge is -2.28. The number of aromatic amines is 2. The number of nitrogens with zero attached hydrogens (tertiary/aromatic N) is 1. The van der Waals surface area contributed by atoms with Crippen molar-refractivity contribution in [3.63, 3.8) is 0 Å². The number of rotatable bonds is 4. The Morgan fingerprint density at radius 2 is 2.08 bits per heavy atom. The fourth-order valence-corrected chi connectivity index (χ4v) is 2.75. The van der Waals surface area contributed by atoms with E-state index in [9.17, 15) is 9.59 Å². The summed E-state index contributed by atoms with van der Waals surface area (Å²) in [6.07, 6.45) is 4.84. The third kappa shape index (κ3) is 3.76. The molecule has 0 saturated heterocycles. The minimum atomic E-state index is -0.477. The molecule has 6 heteroatoms. The van der Waals surface area contributed by atoms with Gasteiger partial charge in [0.05, 0.1) is 6.54 Å². The van der Waals surface area contributed by atoms with E-state index < -0.39 is 5.69 Å². The fraction of sp³-hybridized carbons (Fsp3) is 0.333. The average Bonchev–Trinajstić information content (AvgIpc) is 2.53. The molecule has 0 spiro atoms. The Kier molecular flexibility index (Phi) is 4.55. The Balaban J connectivity index is 1.64. The lowest BCUT2D eigenvalue weighted by molar-refractivity contribution is 0.194. The zero-order valence-electron chi connectivity index (χ0n) is 13.8. The van der Waals surface area contributed by atoms with Crippen LogP contribution in [0.3, 0.4) is 0 Å². The molecule has 0 aliphatic carbocycles. The Bertz CT molecular complexity index is 838. The van der Waals surface area contributed by atoms with Gasteiger partial charge in [-0.2, -0.15) is 0 Å². The number of ether oxygens (including phenoxy) is 1. The van der Waals surface area contributed by atoms with E-state index in [-0.39, 0.29) is 11.7 Å². The molecule has 0 fully saturated rings. The fourth-order valence-electron chi connectivity index (χ4n) is 2.75. The van der Waals surface area contributed by atoms with Crippen molar-refractivity contribution in [3.8, 4) is 5.75 Å². The number of aromatic nitrogens is 2. The van der Waals surface area contributed by atoms with E-state index in [4.69, 9.17) is 4.74 Å². The molecule has 0 radical (unpaired) electrons. The van der Waals surface area contributed by atoms with Crippen molar-refractivity contribution < 1.29 is 4.74 Å². The number of aryl methyl sites for hydroxylation is 1. The molecule has 2 N–H and O–H groups in total. The molecule has 126 valence electrons. The minimum absolute atomic E-state index is 0.0278. The van der Waals surface area contributed by atoms with Crippen LogP contribution in [0.4, 0.5) is 0 Å². The van der Waals surface area contributed by atoms with Crippen LogP contribution in [0.5, 0.6) is 5.75 Å². The lowest BCUT2D eigenvalue weighted by atomic mass is 10.1. The quantitative estimate of drug-likeness (QED) is 0.898. The van der Waals surface area contributed by atoms with E-state index in [2.05, 4.69) is 29.9 Å². The molecule has 1 aliphatic rings. The second-order valence-corrected chi connectivity index (χ2v) is 6.07. The highest BCUT2D eigenvalue weighted by molar-refractivity contribution is 5.38. The van der Waals surface area contributed by atoms with E-state index in [0.717, 1.165) is 24.3 Å². The summed E-state index contributed by atoms with van der Waals surface area (Å²) in [6.45, 7) is 5.42. The molecular formula is C18H21N3O3. The Morgan fingerprint density at radius 3 is 2.79 bits per heavy atom. The summed E-state index contributed by atoms with van der Waals surface area (Å²) in [5, 5.41) is 0. The van der Waals surface area contributed by atoms with E-state index >= 15 is 0 Å². The normalized spacial score (nSPS) is 17.1. The van der Waals surface area contributed by atoms with E-state index in [1.807, 2.05) is 29.3 Å². The highest BCUT2D eigenvalue weighted by Gasteiger charge is 2.16. The predicted octanol–water partition coefficient (Wildman–Crippen LogP) is 1.85. The Labute approximate surface area is 139 Å². The van der Waals surface area contributed by atoms with Crippen LogP contribution >= 0.6 is 0 Å². The van der Waals surface area contributed by atoms with E-state index in [1.54, 1.807) is 0 Å². The molecule has 3 rings (SSSR count). The number of hydrogen-bond donors (Lipinski definition) is 2. The lowest BCUT2D eigenvalue weighted by Crippen LogP contribution is -2.31. The van der Waals surface area contributed by atoms with Gasteiger partial charge < -0.3 is 14.6 Å². The first-order chi connectivity index (χ1) is 11.5. The van der Waals surface area contributed by atoms with Crippen LogP contribution in [0.25, 0.3) is 0 Å². The number of benzene rings is 1. The molecule has 1 atom stereocenters. The second-order valence-electron chi connectivity index (χ2n) is 6.07. The van der Waals surface area contributed by atoms with Crippen molar-refractivity contribution in [1.29, 1.82) is 0 Å². The van der Waals surface area contributed by atoms with Crippen molar-refractivity contribution >= 4 is 0 Å². The molecule has 2 heterocycles. The molecule has 2 aromatic rings. The SMILES string of the molecule is Cc1cccc(OC2C=CN(Cc3cc(=O)[nH]c(=O)[nH]3)CC2)c1C. The summed E-state index contributed by atoms with van der Waals surface area (Å²) in [5.41, 5.74) is 2.12. The summed E-state index contributed by atoms with van der Waals surface area (Å²) in [4.78, 5) is 29.5. The van der Waals surface area contributed by atoms with Gasteiger partial charge in [0.15, 0.2) is 0 Å². The zero-order valence-corrected chi connectivity index (χ0v) is 13.8. The summed E-state index contributed by atoms with van der Waals surface area (Å²) >= 11 is 0. The van der Waals surface area contributed by atoms with Crippen LogP contribution in [-0.4, -0.2) is 27.5 Å². The molecule has 1 aromatic carbocycles. The third-order valence-electron chi connectivity index (χ3n) is 4.24. The second kappa shape index (κ2) is 6.78. The first kappa shape index (κ1) is 16.1. The largest absolute Gasteiger partial charge is 0.486 e. The van der Waals surface area contributed by atoms with Crippen LogP contribution in [0.2, 0.25) is 0 Å². The van der Waals surface area contributed by atoms with Crippen LogP contribution in [-0.2, 0) is 6.54 Å². The van der Waals surface area contributed by atoms with Gasteiger partial charge >= 0.3 is 5.69 Å². The van der Waals surface area contributed by atoms with Crippen molar-refractivity contribution in [1.82, 2.24) is 14.9 Å². The topological polar surface area (TPSA) is 78.2 Å². The number of hydrogen-bond acceptors (Lipinski definition) is 4. The molecule has 1 unspecified atom stereocenters. The van der Waals surface area contributed by atoms with Gasteiger partial charge in [0.25, 0.3) is 5.56 Å². The van der Waals surface area contributed by atoms with Gasteiger partial charge in [-0.3, -0.25) is 9.78 Å². The van der Waals surface area contributed by atoms with Gasteiger partial charge in [-0.15, -0.1) is 0 Å². The van der Waals surface area contributed by atoms with Crippen molar-refractivity contribution in [2.75, 3.05) is 6.54 Å². The average molecular weight is 327 g/mol. The summed E-state index contributed by atoms with van der Waals surface area (Å²) in [7, 11) is 0. The molecule has 24 heavy (non-hydrogen) atoms. The standard InChI is InChI=1S/C18H21N3O3/c1-12-4-3-5-16(13(12)2)24-15-6-8-21(9-7-15)11-14-10-17(22)20-18(23)19-14/h3-6,8,10,15H,7,9,11H2,1-2H3,(H2,19,20,22,23). The maximum atomic E-state index is 11.3. The Hall–Kier alpha value is -2.76. The van der Waals surface area contributed by atoms with Gasteiger partial charge in [0.2, 0.25) is 0 Å². The van der Waals surface area contributed by atoms with Crippen molar-refractivity contribution in [2.45, 2.75) is 32.9 Å². The van der Waals surface area contributed by atoms with E-state index in [0.29, 0.717) is 12.2 Å². The molecule has 1 aromatic heterocycles. The van der Waals surface area contributed by atoms with Gasteiger partial charge in [0, 0.05) is 24.7 Å². The Morgan fingerprint density at radius 1 is 1.25 bits per heavy atom. The third-order valence-corrected chi connectivity index (χ3v) is 4.24.